The zero-order valence-electron chi connectivity index (χ0n) is 8.60. The predicted octanol–water partition coefficient (Wildman–Crippen LogP) is 1.36. The number of hydroxylamine groups is 1. The van der Waals surface area contributed by atoms with E-state index in [2.05, 4.69) is 4.98 Å². The zero-order valence-corrected chi connectivity index (χ0v) is 8.60. The van der Waals surface area contributed by atoms with Crippen LogP contribution in [0, 0.1) is 0 Å². The second-order valence-corrected chi connectivity index (χ2v) is 3.16. The molecule has 5 nitrogen and oxygen atoms in total. The van der Waals surface area contributed by atoms with Crippen LogP contribution in [-0.2, 0) is 0 Å². The van der Waals surface area contributed by atoms with Gasteiger partial charge in [-0.05, 0) is 17.5 Å². The highest BCUT2D eigenvalue weighted by atomic mass is 16.5. The Morgan fingerprint density at radius 1 is 1.44 bits per heavy atom. The van der Waals surface area contributed by atoms with Crippen LogP contribution < -0.4 is 10.2 Å². The number of nitrogens with one attached hydrogen (secondary N) is 1. The van der Waals surface area contributed by atoms with Crippen LogP contribution in [0.5, 0.6) is 5.75 Å². The molecule has 1 heterocycles. The Morgan fingerprint density at radius 3 is 2.94 bits per heavy atom. The number of aromatic nitrogens is 1. The molecule has 5 heteroatoms. The van der Waals surface area contributed by atoms with Crippen LogP contribution in [0.4, 0.5) is 0 Å². The maximum atomic E-state index is 11.4. The zero-order chi connectivity index (χ0) is 11.5. The summed E-state index contributed by atoms with van der Waals surface area (Å²) in [6, 6.07) is 7.17. The van der Waals surface area contributed by atoms with Gasteiger partial charge in [0.1, 0.15) is 11.4 Å². The van der Waals surface area contributed by atoms with Gasteiger partial charge in [0.2, 0.25) is 0 Å². The Balaban J connectivity index is 2.78. The van der Waals surface area contributed by atoms with Gasteiger partial charge in [-0.25, -0.2) is 5.48 Å². The molecule has 2 N–H and O–H groups in total. The molecule has 16 heavy (non-hydrogen) atoms. The average molecular weight is 218 g/mol. The molecular formula is C11H10N2O3. The van der Waals surface area contributed by atoms with Crippen molar-refractivity contribution in [2.45, 2.75) is 0 Å². The largest absolute Gasteiger partial charge is 0.496 e. The molecule has 1 aromatic carbocycles. The summed E-state index contributed by atoms with van der Waals surface area (Å²) >= 11 is 0. The smallest absolute Gasteiger partial charge is 0.293 e. The third kappa shape index (κ3) is 1.57. The Labute approximate surface area is 91.6 Å². The van der Waals surface area contributed by atoms with Gasteiger partial charge in [0.05, 0.1) is 12.5 Å². The lowest BCUT2D eigenvalue weighted by Gasteiger charge is -2.08. The van der Waals surface area contributed by atoms with Gasteiger partial charge in [-0.3, -0.25) is 15.0 Å². The first-order chi connectivity index (χ1) is 7.77. The van der Waals surface area contributed by atoms with Crippen molar-refractivity contribution in [2.24, 2.45) is 0 Å². The number of fused-ring (bicyclic) bond motifs is 1. The number of nitrogens with zero attached hydrogens (tertiary/aromatic N) is 1. The van der Waals surface area contributed by atoms with Gasteiger partial charge in [0, 0.05) is 6.20 Å². The molecule has 1 aromatic heterocycles. The number of carbonyl (C=O) groups excluding carboxylic acids is 1. The summed E-state index contributed by atoms with van der Waals surface area (Å²) in [7, 11) is 1.52. The van der Waals surface area contributed by atoms with Crippen LogP contribution in [-0.4, -0.2) is 23.2 Å². The Morgan fingerprint density at radius 2 is 2.25 bits per heavy atom. The summed E-state index contributed by atoms with van der Waals surface area (Å²) in [5, 5.41) is 10.0. The number of ether oxygens (including phenoxy) is 1. The number of rotatable bonds is 2. The van der Waals surface area contributed by atoms with Crippen molar-refractivity contribution in [2.75, 3.05) is 7.11 Å². The minimum atomic E-state index is -0.657. The molecule has 0 unspecified atom stereocenters. The molecule has 0 radical (unpaired) electrons. The molecule has 0 atom stereocenters. The van der Waals surface area contributed by atoms with E-state index in [0.717, 1.165) is 5.39 Å². The summed E-state index contributed by atoms with van der Waals surface area (Å²) in [4.78, 5) is 15.4. The summed E-state index contributed by atoms with van der Waals surface area (Å²) < 4.78 is 5.16. The van der Waals surface area contributed by atoms with Crippen molar-refractivity contribution in [3.05, 3.63) is 36.2 Å². The second kappa shape index (κ2) is 4.16. The number of methoxy groups -OCH3 is 1. The molecule has 0 spiro atoms. The number of amides is 1. The van der Waals surface area contributed by atoms with Crippen molar-refractivity contribution in [3.8, 4) is 5.75 Å². The van der Waals surface area contributed by atoms with Crippen molar-refractivity contribution < 1.29 is 14.7 Å². The molecule has 0 aliphatic carbocycles. The van der Waals surface area contributed by atoms with Crippen molar-refractivity contribution in [3.63, 3.8) is 0 Å². The molecule has 0 aliphatic rings. The fraction of sp³-hybridized carbons (Fsp3) is 0.0909. The molecule has 2 rings (SSSR count). The fourth-order valence-corrected chi connectivity index (χ4v) is 1.59. The monoisotopic (exact) mass is 218 g/mol. The van der Waals surface area contributed by atoms with E-state index in [1.54, 1.807) is 17.6 Å². The molecule has 0 bridgehead atoms. The highest BCUT2D eigenvalue weighted by Gasteiger charge is 2.14. The quantitative estimate of drug-likeness (QED) is 0.589. The average Bonchev–Trinajstić information content (AvgIpc) is 2.36. The maximum absolute atomic E-state index is 11.4. The lowest BCUT2D eigenvalue weighted by molar-refractivity contribution is 0.0702. The van der Waals surface area contributed by atoms with Gasteiger partial charge in [-0.2, -0.15) is 0 Å². The first-order valence-corrected chi connectivity index (χ1v) is 4.64. The number of hydrogen-bond acceptors (Lipinski definition) is 4. The summed E-state index contributed by atoms with van der Waals surface area (Å²) in [6.07, 6.45) is 1.51. The maximum Gasteiger partial charge on any atom is 0.293 e. The number of hydrogen-bond donors (Lipinski definition) is 2. The lowest BCUT2D eigenvalue weighted by Crippen LogP contribution is -2.20. The van der Waals surface area contributed by atoms with Crippen LogP contribution in [0.3, 0.4) is 0 Å². The van der Waals surface area contributed by atoms with Gasteiger partial charge in [0.25, 0.3) is 5.91 Å². The van der Waals surface area contributed by atoms with Crippen molar-refractivity contribution in [1.29, 1.82) is 0 Å². The summed E-state index contributed by atoms with van der Waals surface area (Å²) in [5.41, 5.74) is 1.70. The van der Waals surface area contributed by atoms with Gasteiger partial charge < -0.3 is 4.74 Å². The van der Waals surface area contributed by atoms with Gasteiger partial charge in [-0.1, -0.05) is 12.1 Å². The normalized spacial score (nSPS) is 10.1. The van der Waals surface area contributed by atoms with E-state index in [9.17, 15) is 4.79 Å². The molecule has 0 fully saturated rings. The molecular weight excluding hydrogens is 208 g/mol. The molecule has 2 aromatic rings. The number of pyridine rings is 1. The summed E-state index contributed by atoms with van der Waals surface area (Å²) in [6.45, 7) is 0. The van der Waals surface area contributed by atoms with E-state index in [-0.39, 0.29) is 5.69 Å². The molecule has 0 aliphatic heterocycles. The van der Waals surface area contributed by atoms with E-state index in [4.69, 9.17) is 9.94 Å². The third-order valence-corrected chi connectivity index (χ3v) is 2.29. The Bertz CT molecular complexity index is 534. The van der Waals surface area contributed by atoms with E-state index >= 15 is 0 Å². The summed E-state index contributed by atoms with van der Waals surface area (Å²) in [5.74, 6) is -0.112. The standard InChI is InChI=1S/C11H10N2O3/c1-16-8-4-2-3-7-5-6-12-10(9(7)8)11(14)13-15/h2-6,15H,1H3,(H,13,14). The highest BCUT2D eigenvalue weighted by Crippen LogP contribution is 2.27. The van der Waals surface area contributed by atoms with E-state index in [1.165, 1.54) is 13.3 Å². The van der Waals surface area contributed by atoms with Crippen LogP contribution in [0.1, 0.15) is 10.5 Å². The van der Waals surface area contributed by atoms with Crippen LogP contribution in [0.2, 0.25) is 0 Å². The molecule has 82 valence electrons. The van der Waals surface area contributed by atoms with E-state index < -0.39 is 5.91 Å². The topological polar surface area (TPSA) is 71.5 Å². The second-order valence-electron chi connectivity index (χ2n) is 3.16. The number of benzene rings is 1. The van der Waals surface area contributed by atoms with E-state index in [0.29, 0.717) is 11.1 Å². The van der Waals surface area contributed by atoms with Crippen LogP contribution >= 0.6 is 0 Å². The first kappa shape index (κ1) is 10.4. The molecule has 0 saturated heterocycles. The lowest BCUT2D eigenvalue weighted by atomic mass is 10.1. The minimum Gasteiger partial charge on any atom is -0.496 e. The molecule has 1 amide bonds. The van der Waals surface area contributed by atoms with Gasteiger partial charge >= 0.3 is 0 Å². The Hall–Kier alpha value is -2.14. The van der Waals surface area contributed by atoms with Crippen molar-refractivity contribution >= 4 is 16.7 Å². The van der Waals surface area contributed by atoms with Crippen LogP contribution in [0.15, 0.2) is 30.5 Å². The highest BCUT2D eigenvalue weighted by molar-refractivity contribution is 6.07. The van der Waals surface area contributed by atoms with Gasteiger partial charge in [-0.15, -0.1) is 0 Å². The van der Waals surface area contributed by atoms with Gasteiger partial charge in [0.15, 0.2) is 0 Å². The number of carbonyl (C=O) groups is 1. The predicted molar refractivity (Wildman–Crippen MR) is 57.5 cm³/mol. The first-order valence-electron chi connectivity index (χ1n) is 4.64. The van der Waals surface area contributed by atoms with Crippen LogP contribution in [0.25, 0.3) is 10.8 Å². The molecule has 0 saturated carbocycles. The Kier molecular flexibility index (Phi) is 2.70. The van der Waals surface area contributed by atoms with Crippen molar-refractivity contribution in [1.82, 2.24) is 10.5 Å². The minimum absolute atomic E-state index is 0.137. The third-order valence-electron chi connectivity index (χ3n) is 2.29. The SMILES string of the molecule is COc1cccc2ccnc(C(=O)NO)c12. The van der Waals surface area contributed by atoms with E-state index in [1.807, 2.05) is 12.1 Å². The fourth-order valence-electron chi connectivity index (χ4n) is 1.59.